The molecule has 1 atom stereocenters. The predicted octanol–water partition coefficient (Wildman–Crippen LogP) is 2.98. The summed E-state index contributed by atoms with van der Waals surface area (Å²) >= 11 is 4.34. The maximum atomic E-state index is 12.1. The van der Waals surface area contributed by atoms with Crippen LogP contribution in [0.15, 0.2) is 0 Å². The highest BCUT2D eigenvalue weighted by molar-refractivity contribution is 7.80. The highest BCUT2D eigenvalue weighted by atomic mass is 32.1. The Bertz CT molecular complexity index is 248. The van der Waals surface area contributed by atoms with Gasteiger partial charge >= 0.3 is 0 Å². The molecule has 0 radical (unpaired) electrons. The molecule has 1 saturated carbocycles. The third-order valence-electron chi connectivity index (χ3n) is 3.69. The molecule has 94 valence electrons. The lowest BCUT2D eigenvalue weighted by Gasteiger charge is -2.28. The van der Waals surface area contributed by atoms with Crippen molar-refractivity contribution in [2.45, 2.75) is 52.5 Å². The Labute approximate surface area is 105 Å². The SMILES string of the molecule is CC(C)CC(C)N(C)C(=O)CC1(CS)CC1. The van der Waals surface area contributed by atoms with Crippen LogP contribution in [0.3, 0.4) is 0 Å². The topological polar surface area (TPSA) is 20.3 Å². The average molecular weight is 243 g/mol. The van der Waals surface area contributed by atoms with E-state index in [1.807, 2.05) is 11.9 Å². The third-order valence-corrected chi connectivity index (χ3v) is 4.36. The number of thiol groups is 1. The van der Waals surface area contributed by atoms with E-state index in [0.717, 1.165) is 12.2 Å². The second-order valence-corrected chi connectivity index (χ2v) is 6.13. The second kappa shape index (κ2) is 5.44. The van der Waals surface area contributed by atoms with Crippen LogP contribution in [-0.2, 0) is 4.79 Å². The molecule has 0 aromatic heterocycles. The molecule has 1 unspecified atom stereocenters. The van der Waals surface area contributed by atoms with Gasteiger partial charge in [-0.1, -0.05) is 13.8 Å². The second-order valence-electron chi connectivity index (χ2n) is 5.82. The number of hydrogen-bond donors (Lipinski definition) is 1. The van der Waals surface area contributed by atoms with Crippen LogP contribution in [0.4, 0.5) is 0 Å². The van der Waals surface area contributed by atoms with E-state index >= 15 is 0 Å². The third kappa shape index (κ3) is 3.69. The summed E-state index contributed by atoms with van der Waals surface area (Å²) in [6, 6.07) is 0.350. The first kappa shape index (κ1) is 13.9. The quantitative estimate of drug-likeness (QED) is 0.711. The van der Waals surface area contributed by atoms with Gasteiger partial charge in [0.1, 0.15) is 0 Å². The van der Waals surface area contributed by atoms with Gasteiger partial charge in [0.2, 0.25) is 5.91 Å². The standard InChI is InChI=1S/C13H25NOS/c1-10(2)7-11(3)14(4)12(15)8-13(9-16)5-6-13/h10-11,16H,5-9H2,1-4H3. The number of amides is 1. The van der Waals surface area contributed by atoms with Crippen LogP contribution in [-0.4, -0.2) is 29.6 Å². The van der Waals surface area contributed by atoms with Crippen molar-refractivity contribution in [2.75, 3.05) is 12.8 Å². The molecule has 1 fully saturated rings. The summed E-state index contributed by atoms with van der Waals surface area (Å²) in [6.07, 6.45) is 4.12. The Kier molecular flexibility index (Phi) is 4.72. The molecule has 1 aliphatic carbocycles. The van der Waals surface area contributed by atoms with E-state index in [0.29, 0.717) is 24.3 Å². The number of rotatable bonds is 6. The van der Waals surface area contributed by atoms with Crippen LogP contribution < -0.4 is 0 Å². The highest BCUT2D eigenvalue weighted by Crippen LogP contribution is 2.49. The average Bonchev–Trinajstić information content (AvgIpc) is 2.96. The minimum absolute atomic E-state index is 0.242. The van der Waals surface area contributed by atoms with Crippen molar-refractivity contribution in [3.63, 3.8) is 0 Å². The molecule has 0 spiro atoms. The Hall–Kier alpha value is -0.180. The van der Waals surface area contributed by atoms with Crippen LogP contribution in [0, 0.1) is 11.3 Å². The van der Waals surface area contributed by atoms with E-state index in [1.165, 1.54) is 12.8 Å². The van der Waals surface area contributed by atoms with E-state index in [2.05, 4.69) is 33.4 Å². The number of hydrogen-bond acceptors (Lipinski definition) is 2. The van der Waals surface area contributed by atoms with Crippen molar-refractivity contribution in [3.05, 3.63) is 0 Å². The Balaban J connectivity index is 2.41. The van der Waals surface area contributed by atoms with Crippen molar-refractivity contribution in [2.24, 2.45) is 11.3 Å². The van der Waals surface area contributed by atoms with Gasteiger partial charge in [0.25, 0.3) is 0 Å². The fraction of sp³-hybridized carbons (Fsp3) is 0.923. The maximum Gasteiger partial charge on any atom is 0.223 e. The van der Waals surface area contributed by atoms with Crippen molar-refractivity contribution in [1.82, 2.24) is 4.90 Å². The fourth-order valence-electron chi connectivity index (χ4n) is 2.10. The summed E-state index contributed by atoms with van der Waals surface area (Å²) in [5.74, 6) is 1.79. The van der Waals surface area contributed by atoms with Gasteiger partial charge in [-0.05, 0) is 43.3 Å². The molecule has 0 bridgehead atoms. The first-order chi connectivity index (χ1) is 7.40. The van der Waals surface area contributed by atoms with E-state index < -0.39 is 0 Å². The zero-order chi connectivity index (χ0) is 12.3. The van der Waals surface area contributed by atoms with Crippen molar-refractivity contribution in [3.8, 4) is 0 Å². The Morgan fingerprint density at radius 2 is 1.94 bits per heavy atom. The molecule has 1 aliphatic rings. The maximum absolute atomic E-state index is 12.1. The Morgan fingerprint density at radius 3 is 2.31 bits per heavy atom. The van der Waals surface area contributed by atoms with Gasteiger partial charge in [0.15, 0.2) is 0 Å². The number of carbonyl (C=O) groups excluding carboxylic acids is 1. The van der Waals surface area contributed by atoms with Gasteiger partial charge in [-0.25, -0.2) is 0 Å². The molecular formula is C13H25NOS. The zero-order valence-corrected chi connectivity index (χ0v) is 11.9. The minimum atomic E-state index is 0.242. The van der Waals surface area contributed by atoms with Gasteiger partial charge in [-0.2, -0.15) is 12.6 Å². The number of nitrogens with zero attached hydrogens (tertiary/aromatic N) is 1. The van der Waals surface area contributed by atoms with Crippen LogP contribution >= 0.6 is 12.6 Å². The van der Waals surface area contributed by atoms with Crippen LogP contribution in [0.5, 0.6) is 0 Å². The summed E-state index contributed by atoms with van der Waals surface area (Å²) in [6.45, 7) is 6.54. The molecule has 0 aromatic rings. The molecule has 1 amide bonds. The predicted molar refractivity (Wildman–Crippen MR) is 71.8 cm³/mol. The van der Waals surface area contributed by atoms with Gasteiger partial charge in [0.05, 0.1) is 0 Å². The van der Waals surface area contributed by atoms with Gasteiger partial charge in [-0.3, -0.25) is 4.79 Å². The van der Waals surface area contributed by atoms with Crippen molar-refractivity contribution < 1.29 is 4.79 Å². The number of carbonyl (C=O) groups is 1. The summed E-state index contributed by atoms with van der Waals surface area (Å²) in [7, 11) is 1.93. The molecular weight excluding hydrogens is 218 g/mol. The van der Waals surface area contributed by atoms with Crippen molar-refractivity contribution in [1.29, 1.82) is 0 Å². The molecule has 3 heteroatoms. The Morgan fingerprint density at radius 1 is 1.38 bits per heavy atom. The zero-order valence-electron chi connectivity index (χ0n) is 11.0. The van der Waals surface area contributed by atoms with Crippen LogP contribution in [0.2, 0.25) is 0 Å². The first-order valence-corrected chi connectivity index (χ1v) is 6.90. The van der Waals surface area contributed by atoms with Gasteiger partial charge in [0, 0.05) is 19.5 Å². The molecule has 0 saturated heterocycles. The molecule has 0 heterocycles. The smallest absolute Gasteiger partial charge is 0.223 e. The lowest BCUT2D eigenvalue weighted by Crippen LogP contribution is -2.37. The fourth-order valence-corrected chi connectivity index (χ4v) is 2.53. The first-order valence-electron chi connectivity index (χ1n) is 6.27. The lowest BCUT2D eigenvalue weighted by molar-refractivity contribution is -0.133. The summed E-state index contributed by atoms with van der Waals surface area (Å²) in [5.41, 5.74) is 0.242. The molecule has 2 nitrogen and oxygen atoms in total. The monoisotopic (exact) mass is 243 g/mol. The van der Waals surface area contributed by atoms with Crippen LogP contribution in [0.25, 0.3) is 0 Å². The summed E-state index contributed by atoms with van der Waals surface area (Å²) in [4.78, 5) is 14.0. The summed E-state index contributed by atoms with van der Waals surface area (Å²) < 4.78 is 0. The largest absolute Gasteiger partial charge is 0.343 e. The molecule has 16 heavy (non-hydrogen) atoms. The van der Waals surface area contributed by atoms with Gasteiger partial charge in [-0.15, -0.1) is 0 Å². The minimum Gasteiger partial charge on any atom is -0.343 e. The van der Waals surface area contributed by atoms with Crippen molar-refractivity contribution >= 4 is 18.5 Å². The normalized spacial score (nSPS) is 19.6. The van der Waals surface area contributed by atoms with Crippen LogP contribution in [0.1, 0.15) is 46.5 Å². The molecule has 0 N–H and O–H groups in total. The van der Waals surface area contributed by atoms with E-state index in [4.69, 9.17) is 0 Å². The van der Waals surface area contributed by atoms with E-state index in [-0.39, 0.29) is 5.41 Å². The summed E-state index contributed by atoms with van der Waals surface area (Å²) in [5, 5.41) is 0. The molecule has 1 rings (SSSR count). The van der Waals surface area contributed by atoms with E-state index in [9.17, 15) is 4.79 Å². The van der Waals surface area contributed by atoms with E-state index in [1.54, 1.807) is 0 Å². The van der Waals surface area contributed by atoms with Gasteiger partial charge < -0.3 is 4.90 Å². The molecule has 0 aliphatic heterocycles. The molecule has 0 aromatic carbocycles. The lowest BCUT2D eigenvalue weighted by atomic mass is 10.0. The highest BCUT2D eigenvalue weighted by Gasteiger charge is 2.43.